The van der Waals surface area contributed by atoms with Crippen molar-refractivity contribution in [2.24, 2.45) is 5.84 Å². The predicted octanol–water partition coefficient (Wildman–Crippen LogP) is 1.06. The largest absolute Gasteiger partial charge is 0.277 e. The van der Waals surface area contributed by atoms with Crippen molar-refractivity contribution in [2.45, 2.75) is 26.7 Å². The van der Waals surface area contributed by atoms with Crippen molar-refractivity contribution in [3.63, 3.8) is 0 Å². The summed E-state index contributed by atoms with van der Waals surface area (Å²) in [6, 6.07) is 0. The number of amides is 1. The summed E-state index contributed by atoms with van der Waals surface area (Å²) in [5.41, 5.74) is 0. The first kappa shape index (κ1) is 10.2. The highest BCUT2D eigenvalue weighted by molar-refractivity contribution is 5.86. The van der Waals surface area contributed by atoms with E-state index in [0.717, 1.165) is 12.8 Å². The molecule has 0 bridgehead atoms. The Balaban J connectivity index is 3.64. The molecular formula is C8H16N2O. The molecule has 3 nitrogen and oxygen atoms in total. The van der Waals surface area contributed by atoms with E-state index in [1.807, 2.05) is 0 Å². The average molecular weight is 156 g/mol. The molecule has 0 aliphatic carbocycles. The normalized spacial score (nSPS) is 10.5. The van der Waals surface area contributed by atoms with Crippen LogP contribution in [0.5, 0.6) is 0 Å². The van der Waals surface area contributed by atoms with Gasteiger partial charge in [0.15, 0.2) is 0 Å². The van der Waals surface area contributed by atoms with E-state index < -0.39 is 0 Å². The van der Waals surface area contributed by atoms with Gasteiger partial charge in [0.1, 0.15) is 0 Å². The van der Waals surface area contributed by atoms with Crippen LogP contribution in [0.4, 0.5) is 0 Å². The van der Waals surface area contributed by atoms with Crippen LogP contribution in [0.2, 0.25) is 0 Å². The number of hydrazine groups is 1. The Morgan fingerprint density at radius 1 is 1.64 bits per heavy atom. The Labute approximate surface area is 67.8 Å². The van der Waals surface area contributed by atoms with Gasteiger partial charge in [-0.05, 0) is 13.3 Å². The average Bonchev–Trinajstić information content (AvgIpc) is 2.00. The summed E-state index contributed by atoms with van der Waals surface area (Å²) in [6.07, 6.45) is 5.17. The number of allylic oxidation sites excluding steroid dienone is 1. The molecule has 0 aromatic carbocycles. The fourth-order valence-corrected chi connectivity index (χ4v) is 0.677. The van der Waals surface area contributed by atoms with Crippen LogP contribution in [0, 0.1) is 0 Å². The lowest BCUT2D eigenvalue weighted by Gasteiger charge is -2.12. The summed E-state index contributed by atoms with van der Waals surface area (Å²) in [5.74, 6) is 5.30. The summed E-state index contributed by atoms with van der Waals surface area (Å²) >= 11 is 0. The maximum atomic E-state index is 11.0. The molecule has 2 N–H and O–H groups in total. The second kappa shape index (κ2) is 5.92. The number of unbranched alkanes of at least 4 members (excludes halogenated alkanes) is 1. The first-order valence-electron chi connectivity index (χ1n) is 3.91. The van der Waals surface area contributed by atoms with Crippen molar-refractivity contribution >= 4 is 5.91 Å². The third-order valence-electron chi connectivity index (χ3n) is 1.34. The molecule has 0 atom stereocenters. The van der Waals surface area contributed by atoms with Gasteiger partial charge in [0, 0.05) is 12.6 Å². The van der Waals surface area contributed by atoms with Crippen LogP contribution in [-0.2, 0) is 4.79 Å². The monoisotopic (exact) mass is 156 g/mol. The molecule has 3 heteroatoms. The minimum atomic E-state index is -0.124. The fourth-order valence-electron chi connectivity index (χ4n) is 0.677. The van der Waals surface area contributed by atoms with E-state index in [9.17, 15) is 4.79 Å². The highest BCUT2D eigenvalue weighted by Crippen LogP contribution is 1.90. The quantitative estimate of drug-likeness (QED) is 0.286. The molecule has 0 aromatic heterocycles. The van der Waals surface area contributed by atoms with Crippen LogP contribution in [0.3, 0.4) is 0 Å². The molecule has 0 saturated heterocycles. The Hall–Kier alpha value is -0.830. The molecule has 64 valence electrons. The molecule has 0 spiro atoms. The summed E-state index contributed by atoms with van der Waals surface area (Å²) in [5, 5.41) is 1.24. The number of nitrogens with two attached hydrogens (primary N) is 1. The Morgan fingerprint density at radius 2 is 2.27 bits per heavy atom. The van der Waals surface area contributed by atoms with Crippen LogP contribution in [0.1, 0.15) is 26.7 Å². The summed E-state index contributed by atoms with van der Waals surface area (Å²) in [6.45, 7) is 4.50. The number of nitrogens with zero attached hydrogens (tertiary/aromatic N) is 1. The smallest absolute Gasteiger partial charge is 0.260 e. The van der Waals surface area contributed by atoms with Crippen LogP contribution >= 0.6 is 0 Å². The fraction of sp³-hybridized carbons (Fsp3) is 0.625. The zero-order chi connectivity index (χ0) is 8.69. The van der Waals surface area contributed by atoms with Gasteiger partial charge >= 0.3 is 0 Å². The maximum Gasteiger partial charge on any atom is 0.260 e. The molecule has 0 fully saturated rings. The third kappa shape index (κ3) is 4.56. The van der Waals surface area contributed by atoms with Gasteiger partial charge < -0.3 is 0 Å². The molecule has 0 aromatic rings. The minimum absolute atomic E-state index is 0.124. The van der Waals surface area contributed by atoms with Crippen molar-refractivity contribution in [1.29, 1.82) is 0 Å². The van der Waals surface area contributed by atoms with E-state index in [4.69, 9.17) is 5.84 Å². The molecule has 0 heterocycles. The van der Waals surface area contributed by atoms with Crippen molar-refractivity contribution in [1.82, 2.24) is 5.01 Å². The second-order valence-electron chi connectivity index (χ2n) is 2.39. The zero-order valence-corrected chi connectivity index (χ0v) is 7.21. The van der Waals surface area contributed by atoms with Crippen LogP contribution in [0.15, 0.2) is 12.2 Å². The summed E-state index contributed by atoms with van der Waals surface area (Å²) in [7, 11) is 0. The predicted molar refractivity (Wildman–Crippen MR) is 45.6 cm³/mol. The Bertz CT molecular complexity index is 143. The van der Waals surface area contributed by atoms with E-state index in [2.05, 4.69) is 6.92 Å². The number of carbonyl (C=O) groups excluding carboxylic acids is 1. The van der Waals surface area contributed by atoms with Gasteiger partial charge in [-0.1, -0.05) is 19.4 Å². The van der Waals surface area contributed by atoms with Gasteiger partial charge in [0.05, 0.1) is 0 Å². The lowest BCUT2D eigenvalue weighted by molar-refractivity contribution is -0.126. The molecule has 11 heavy (non-hydrogen) atoms. The Kier molecular flexibility index (Phi) is 5.47. The lowest BCUT2D eigenvalue weighted by atomic mass is 10.3. The van der Waals surface area contributed by atoms with Gasteiger partial charge in [-0.3, -0.25) is 9.80 Å². The van der Waals surface area contributed by atoms with Crippen LogP contribution in [-0.4, -0.2) is 17.5 Å². The maximum absolute atomic E-state index is 11.0. The first-order chi connectivity index (χ1) is 5.22. The number of rotatable bonds is 4. The second-order valence-corrected chi connectivity index (χ2v) is 2.39. The van der Waals surface area contributed by atoms with E-state index >= 15 is 0 Å². The van der Waals surface area contributed by atoms with E-state index in [1.54, 1.807) is 13.0 Å². The topological polar surface area (TPSA) is 46.3 Å². The summed E-state index contributed by atoms with van der Waals surface area (Å²) < 4.78 is 0. The molecule has 0 rings (SSSR count). The molecule has 0 saturated carbocycles. The molecule has 0 radical (unpaired) electrons. The molecule has 0 aliphatic heterocycles. The van der Waals surface area contributed by atoms with Crippen LogP contribution < -0.4 is 5.84 Å². The highest BCUT2D eigenvalue weighted by Gasteiger charge is 2.02. The molecular weight excluding hydrogens is 140 g/mol. The van der Waals surface area contributed by atoms with Gasteiger partial charge in [-0.2, -0.15) is 0 Å². The van der Waals surface area contributed by atoms with Gasteiger partial charge in [0.2, 0.25) is 0 Å². The van der Waals surface area contributed by atoms with Gasteiger partial charge in [0.25, 0.3) is 5.91 Å². The van der Waals surface area contributed by atoms with Crippen LogP contribution in [0.25, 0.3) is 0 Å². The van der Waals surface area contributed by atoms with E-state index in [1.165, 1.54) is 11.1 Å². The number of hydrogen-bond acceptors (Lipinski definition) is 2. The molecule has 0 unspecified atom stereocenters. The number of carbonyl (C=O) groups is 1. The van der Waals surface area contributed by atoms with Gasteiger partial charge in [-0.15, -0.1) is 0 Å². The summed E-state index contributed by atoms with van der Waals surface area (Å²) in [4.78, 5) is 11.0. The van der Waals surface area contributed by atoms with E-state index in [-0.39, 0.29) is 5.91 Å². The molecule has 1 amide bonds. The Morgan fingerprint density at radius 3 is 2.73 bits per heavy atom. The van der Waals surface area contributed by atoms with Gasteiger partial charge in [-0.25, -0.2) is 5.84 Å². The highest BCUT2D eigenvalue weighted by atomic mass is 16.2. The zero-order valence-electron chi connectivity index (χ0n) is 7.21. The van der Waals surface area contributed by atoms with Crippen molar-refractivity contribution < 1.29 is 4.79 Å². The third-order valence-corrected chi connectivity index (χ3v) is 1.34. The standard InChI is InChI=1S/C8H16N2O/c1-3-5-7-10(9)8(11)6-4-2/h4,6H,3,5,7,9H2,1-2H3/b6-4+. The van der Waals surface area contributed by atoms with Crippen molar-refractivity contribution in [2.75, 3.05) is 6.54 Å². The van der Waals surface area contributed by atoms with Crippen molar-refractivity contribution in [3.05, 3.63) is 12.2 Å². The molecule has 0 aliphatic rings. The minimum Gasteiger partial charge on any atom is -0.277 e. The lowest BCUT2D eigenvalue weighted by Crippen LogP contribution is -2.36. The van der Waals surface area contributed by atoms with Crippen molar-refractivity contribution in [3.8, 4) is 0 Å². The number of hydrogen-bond donors (Lipinski definition) is 1. The SMILES string of the molecule is C/C=C/C(=O)N(N)CCCC. The van der Waals surface area contributed by atoms with E-state index in [0.29, 0.717) is 6.54 Å². The first-order valence-corrected chi connectivity index (χ1v) is 3.91.